The molecule has 0 aliphatic carbocycles. The van der Waals surface area contributed by atoms with Gasteiger partial charge in [0, 0.05) is 31.1 Å². The molecule has 0 radical (unpaired) electrons. The van der Waals surface area contributed by atoms with Crippen LogP contribution >= 0.6 is 15.9 Å². The molecule has 7 heteroatoms. The normalized spacial score (nSPS) is 11.7. The van der Waals surface area contributed by atoms with E-state index in [2.05, 4.69) is 25.8 Å². The first-order valence-corrected chi connectivity index (χ1v) is 9.20. The van der Waals surface area contributed by atoms with Crippen LogP contribution in [0.2, 0.25) is 0 Å². The lowest BCUT2D eigenvalue weighted by Crippen LogP contribution is -2.33. The number of amides is 1. The molecule has 0 aliphatic rings. The molecule has 0 spiro atoms. The Balaban J connectivity index is 2.03. The van der Waals surface area contributed by atoms with Gasteiger partial charge < -0.3 is 19.4 Å². The van der Waals surface area contributed by atoms with E-state index in [-0.39, 0.29) is 6.09 Å². The quantitative estimate of drug-likeness (QED) is 0.701. The van der Waals surface area contributed by atoms with Crippen molar-refractivity contribution in [1.29, 1.82) is 0 Å². The van der Waals surface area contributed by atoms with Crippen molar-refractivity contribution < 1.29 is 14.3 Å². The number of rotatable bonds is 7. The molecule has 1 aromatic carbocycles. The smallest absolute Gasteiger partial charge is 0.407 e. The summed E-state index contributed by atoms with van der Waals surface area (Å²) in [5.74, 6) is 0.987. The van der Waals surface area contributed by atoms with E-state index in [9.17, 15) is 4.79 Å². The van der Waals surface area contributed by atoms with Gasteiger partial charge >= 0.3 is 6.09 Å². The minimum atomic E-state index is -0.483. The van der Waals surface area contributed by atoms with E-state index in [1.165, 1.54) is 0 Å². The van der Waals surface area contributed by atoms with Gasteiger partial charge in [0.2, 0.25) is 0 Å². The first-order chi connectivity index (χ1) is 11.8. The predicted octanol–water partition coefficient (Wildman–Crippen LogP) is 3.90. The summed E-state index contributed by atoms with van der Waals surface area (Å²) in [6.07, 6.45) is 1.15. The summed E-state index contributed by atoms with van der Waals surface area (Å²) in [4.78, 5) is 16.4. The van der Waals surface area contributed by atoms with Gasteiger partial charge in [0.15, 0.2) is 0 Å². The van der Waals surface area contributed by atoms with Gasteiger partial charge in [-0.15, -0.1) is 0 Å². The molecule has 1 N–H and O–H groups in total. The zero-order valence-electron chi connectivity index (χ0n) is 15.3. The number of aryl methyl sites for hydroxylation is 1. The summed E-state index contributed by atoms with van der Waals surface area (Å²) in [5, 5.41) is 2.80. The molecule has 2 rings (SSSR count). The molecule has 1 heterocycles. The fraction of sp³-hybridized carbons (Fsp3) is 0.556. The average Bonchev–Trinajstić information content (AvgIpc) is 2.87. The number of halogens is 1. The van der Waals surface area contributed by atoms with E-state index in [4.69, 9.17) is 14.5 Å². The van der Waals surface area contributed by atoms with E-state index in [1.807, 2.05) is 39.0 Å². The summed E-state index contributed by atoms with van der Waals surface area (Å²) in [5.41, 5.74) is 1.55. The number of methoxy groups -OCH3 is 1. The van der Waals surface area contributed by atoms with Crippen LogP contribution < -0.4 is 5.32 Å². The first-order valence-electron chi connectivity index (χ1n) is 8.41. The summed E-state index contributed by atoms with van der Waals surface area (Å²) in [6.45, 7) is 7.48. The number of imidazole rings is 1. The third-order valence-electron chi connectivity index (χ3n) is 3.55. The molecule has 138 valence electrons. The number of para-hydroxylation sites is 1. The van der Waals surface area contributed by atoms with Crippen LogP contribution in [0.3, 0.4) is 0 Å². The second kappa shape index (κ2) is 8.67. The minimum Gasteiger partial charge on any atom is -0.444 e. The summed E-state index contributed by atoms with van der Waals surface area (Å²) < 4.78 is 13.6. The summed E-state index contributed by atoms with van der Waals surface area (Å²) in [7, 11) is 1.69. The van der Waals surface area contributed by atoms with Crippen molar-refractivity contribution in [2.75, 3.05) is 20.3 Å². The van der Waals surface area contributed by atoms with Gasteiger partial charge in [-0.25, -0.2) is 9.78 Å². The number of aromatic nitrogens is 2. The van der Waals surface area contributed by atoms with Crippen molar-refractivity contribution in [2.24, 2.45) is 0 Å². The number of hydrogen-bond acceptors (Lipinski definition) is 4. The molecule has 1 aromatic heterocycles. The predicted molar refractivity (Wildman–Crippen MR) is 102 cm³/mol. The van der Waals surface area contributed by atoms with Gasteiger partial charge in [-0.05, 0) is 55.3 Å². The lowest BCUT2D eigenvalue weighted by atomic mass is 10.2. The van der Waals surface area contributed by atoms with Crippen LogP contribution in [0.1, 0.15) is 33.0 Å². The monoisotopic (exact) mass is 411 g/mol. The zero-order chi connectivity index (χ0) is 18.4. The molecular weight excluding hydrogens is 386 g/mol. The molecule has 0 aliphatic heterocycles. The summed E-state index contributed by atoms with van der Waals surface area (Å²) in [6, 6.07) is 6.00. The zero-order valence-corrected chi connectivity index (χ0v) is 16.9. The third kappa shape index (κ3) is 5.71. The van der Waals surface area contributed by atoms with E-state index in [1.54, 1.807) is 7.11 Å². The largest absolute Gasteiger partial charge is 0.444 e. The Hall–Kier alpha value is -1.60. The van der Waals surface area contributed by atoms with E-state index >= 15 is 0 Å². The van der Waals surface area contributed by atoms with Gasteiger partial charge in [-0.2, -0.15) is 0 Å². The average molecular weight is 412 g/mol. The highest BCUT2D eigenvalue weighted by Gasteiger charge is 2.16. The number of carbonyl (C=O) groups is 1. The molecule has 6 nitrogen and oxygen atoms in total. The fourth-order valence-corrected chi connectivity index (χ4v) is 3.13. The van der Waals surface area contributed by atoms with Crippen LogP contribution in [-0.4, -0.2) is 41.5 Å². The Morgan fingerprint density at radius 2 is 2.12 bits per heavy atom. The number of fused-ring (bicyclic) bond motifs is 1. The Bertz CT molecular complexity index is 722. The Labute approximate surface area is 157 Å². The second-order valence-corrected chi connectivity index (χ2v) is 7.67. The molecular formula is C18H26BrN3O3. The minimum absolute atomic E-state index is 0.385. The number of carbonyl (C=O) groups excluding carboxylic acids is 1. The van der Waals surface area contributed by atoms with E-state index < -0.39 is 5.60 Å². The van der Waals surface area contributed by atoms with Crippen LogP contribution in [0.5, 0.6) is 0 Å². The lowest BCUT2D eigenvalue weighted by Gasteiger charge is -2.19. The third-order valence-corrected chi connectivity index (χ3v) is 4.19. The van der Waals surface area contributed by atoms with Crippen molar-refractivity contribution in [2.45, 2.75) is 45.8 Å². The van der Waals surface area contributed by atoms with Gasteiger partial charge in [0.25, 0.3) is 0 Å². The fourth-order valence-electron chi connectivity index (χ4n) is 2.56. The van der Waals surface area contributed by atoms with Crippen LogP contribution in [0, 0.1) is 0 Å². The Morgan fingerprint density at radius 1 is 1.36 bits per heavy atom. The first kappa shape index (κ1) is 19.7. The van der Waals surface area contributed by atoms with Crippen LogP contribution in [0.25, 0.3) is 11.0 Å². The maximum atomic E-state index is 11.7. The highest BCUT2D eigenvalue weighted by Crippen LogP contribution is 2.25. The Kier molecular flexibility index (Phi) is 6.84. The Morgan fingerprint density at radius 3 is 2.80 bits per heavy atom. The SMILES string of the molecule is COCCc1nc2cccc(Br)c2n1CCCNC(=O)OC(C)(C)C. The number of alkyl carbamates (subject to hydrolysis) is 1. The van der Waals surface area contributed by atoms with Crippen LogP contribution in [-0.2, 0) is 22.4 Å². The molecule has 0 saturated carbocycles. The number of nitrogens with one attached hydrogen (secondary N) is 1. The van der Waals surface area contributed by atoms with Crippen molar-refractivity contribution in [3.05, 3.63) is 28.5 Å². The molecule has 0 bridgehead atoms. The van der Waals surface area contributed by atoms with Crippen molar-refractivity contribution in [1.82, 2.24) is 14.9 Å². The second-order valence-electron chi connectivity index (χ2n) is 6.81. The van der Waals surface area contributed by atoms with E-state index in [0.29, 0.717) is 13.2 Å². The molecule has 0 unspecified atom stereocenters. The lowest BCUT2D eigenvalue weighted by molar-refractivity contribution is 0.0527. The number of ether oxygens (including phenoxy) is 2. The number of hydrogen-bond donors (Lipinski definition) is 1. The van der Waals surface area contributed by atoms with Gasteiger partial charge in [-0.1, -0.05) is 6.07 Å². The molecule has 0 saturated heterocycles. The molecule has 25 heavy (non-hydrogen) atoms. The molecule has 0 atom stereocenters. The maximum Gasteiger partial charge on any atom is 0.407 e. The molecule has 1 amide bonds. The van der Waals surface area contributed by atoms with Gasteiger partial charge in [0.05, 0.1) is 17.6 Å². The number of benzene rings is 1. The van der Waals surface area contributed by atoms with Crippen LogP contribution in [0.15, 0.2) is 22.7 Å². The van der Waals surface area contributed by atoms with Crippen LogP contribution in [0.4, 0.5) is 4.79 Å². The summed E-state index contributed by atoms with van der Waals surface area (Å²) >= 11 is 3.61. The van der Waals surface area contributed by atoms with Gasteiger partial charge in [-0.3, -0.25) is 0 Å². The van der Waals surface area contributed by atoms with Crippen molar-refractivity contribution in [3.63, 3.8) is 0 Å². The highest BCUT2D eigenvalue weighted by atomic mass is 79.9. The van der Waals surface area contributed by atoms with Gasteiger partial charge in [0.1, 0.15) is 11.4 Å². The highest BCUT2D eigenvalue weighted by molar-refractivity contribution is 9.10. The maximum absolute atomic E-state index is 11.7. The van der Waals surface area contributed by atoms with Crippen molar-refractivity contribution >= 4 is 33.1 Å². The molecule has 2 aromatic rings. The molecule has 0 fully saturated rings. The topological polar surface area (TPSA) is 65.4 Å². The van der Waals surface area contributed by atoms with E-state index in [0.717, 1.165) is 40.7 Å². The standard InChI is InChI=1S/C18H26BrN3O3/c1-18(2,3)25-17(23)20-10-6-11-22-15(9-12-24-4)21-14-8-5-7-13(19)16(14)22/h5,7-8H,6,9-12H2,1-4H3,(H,20,23). The van der Waals surface area contributed by atoms with Crippen molar-refractivity contribution in [3.8, 4) is 0 Å². The number of nitrogens with zero attached hydrogens (tertiary/aromatic N) is 2.